The van der Waals surface area contributed by atoms with E-state index in [-0.39, 0.29) is 0 Å². The summed E-state index contributed by atoms with van der Waals surface area (Å²) < 4.78 is 1.82. The summed E-state index contributed by atoms with van der Waals surface area (Å²) in [5.41, 5.74) is 2.27. The quantitative estimate of drug-likeness (QED) is 0.614. The van der Waals surface area contributed by atoms with E-state index in [1.54, 1.807) is 11.8 Å². The Morgan fingerprint density at radius 2 is 2.11 bits per heavy atom. The maximum Gasteiger partial charge on any atom is 0.132 e. The first-order chi connectivity index (χ1) is 9.11. The number of halogens is 1. The third-order valence-electron chi connectivity index (χ3n) is 2.86. The molecule has 2 rings (SSSR count). The lowest BCUT2D eigenvalue weighted by atomic mass is 10.2. The van der Waals surface area contributed by atoms with Crippen molar-refractivity contribution >= 4 is 39.9 Å². The number of aromatic amines is 1. The van der Waals surface area contributed by atoms with Gasteiger partial charge in [-0.1, -0.05) is 31.3 Å². The minimum absolute atomic E-state index is 0.707. The van der Waals surface area contributed by atoms with E-state index in [0.29, 0.717) is 4.64 Å². The summed E-state index contributed by atoms with van der Waals surface area (Å²) in [5, 5.41) is 0. The van der Waals surface area contributed by atoms with Crippen molar-refractivity contribution in [1.29, 1.82) is 0 Å². The largest absolute Gasteiger partial charge is 0.346 e. The van der Waals surface area contributed by atoms with Crippen LogP contribution in [0.15, 0.2) is 33.6 Å². The Labute approximate surface area is 131 Å². The lowest BCUT2D eigenvalue weighted by molar-refractivity contribution is 0.910. The standard InChI is InChI=1S/C14H15BrN2S2/c1-3-11-9(2)14(18)17-13(16-11)8-19-12-7-5-4-6-10(12)15/h4-7H,3,8H2,1-2H3,(H,16,17,18). The fraction of sp³-hybridized carbons (Fsp3) is 0.286. The van der Waals surface area contributed by atoms with E-state index in [1.807, 2.05) is 25.1 Å². The van der Waals surface area contributed by atoms with Crippen LogP contribution in [0.3, 0.4) is 0 Å². The van der Waals surface area contributed by atoms with Gasteiger partial charge in [-0.2, -0.15) is 0 Å². The van der Waals surface area contributed by atoms with Gasteiger partial charge in [-0.3, -0.25) is 0 Å². The van der Waals surface area contributed by atoms with Gasteiger partial charge in [-0.15, -0.1) is 11.8 Å². The van der Waals surface area contributed by atoms with E-state index in [4.69, 9.17) is 12.2 Å². The topological polar surface area (TPSA) is 28.7 Å². The number of aromatic nitrogens is 2. The van der Waals surface area contributed by atoms with Crippen molar-refractivity contribution in [2.45, 2.75) is 30.9 Å². The highest BCUT2D eigenvalue weighted by Gasteiger charge is 2.05. The zero-order valence-corrected chi connectivity index (χ0v) is 14.1. The summed E-state index contributed by atoms with van der Waals surface area (Å²) in [6.07, 6.45) is 0.949. The van der Waals surface area contributed by atoms with Crippen molar-refractivity contribution in [1.82, 2.24) is 9.97 Å². The van der Waals surface area contributed by atoms with Gasteiger partial charge in [0.25, 0.3) is 0 Å². The molecule has 1 aromatic heterocycles. The second kappa shape index (κ2) is 6.68. The molecule has 1 heterocycles. The van der Waals surface area contributed by atoms with Crippen LogP contribution < -0.4 is 0 Å². The number of nitrogens with zero attached hydrogens (tertiary/aromatic N) is 1. The van der Waals surface area contributed by atoms with Gasteiger partial charge in [0.15, 0.2) is 0 Å². The predicted octanol–water partition coefficient (Wildman–Crippen LogP) is 5.06. The smallest absolute Gasteiger partial charge is 0.132 e. The predicted molar refractivity (Wildman–Crippen MR) is 87.2 cm³/mol. The minimum Gasteiger partial charge on any atom is -0.346 e. The minimum atomic E-state index is 0.707. The zero-order chi connectivity index (χ0) is 13.8. The summed E-state index contributed by atoms with van der Waals surface area (Å²) in [6.45, 7) is 4.15. The fourth-order valence-electron chi connectivity index (χ4n) is 1.76. The van der Waals surface area contributed by atoms with Gasteiger partial charge in [-0.25, -0.2) is 4.98 Å². The highest BCUT2D eigenvalue weighted by molar-refractivity contribution is 9.10. The first kappa shape index (κ1) is 14.8. The molecule has 1 aromatic carbocycles. The Balaban J connectivity index is 2.19. The number of rotatable bonds is 4. The summed E-state index contributed by atoms with van der Waals surface area (Å²) in [4.78, 5) is 9.04. The normalized spacial score (nSPS) is 10.7. The van der Waals surface area contributed by atoms with Crippen LogP contribution in [0, 0.1) is 11.6 Å². The van der Waals surface area contributed by atoms with Crippen molar-refractivity contribution in [3.05, 3.63) is 50.5 Å². The van der Waals surface area contributed by atoms with Crippen molar-refractivity contribution in [2.24, 2.45) is 0 Å². The lowest BCUT2D eigenvalue weighted by Crippen LogP contribution is -2.01. The third-order valence-corrected chi connectivity index (χ3v) is 5.30. The Morgan fingerprint density at radius 3 is 2.79 bits per heavy atom. The number of aryl methyl sites for hydroxylation is 1. The highest BCUT2D eigenvalue weighted by atomic mass is 79.9. The van der Waals surface area contributed by atoms with Crippen LogP contribution in [0.25, 0.3) is 0 Å². The second-order valence-electron chi connectivity index (χ2n) is 4.16. The van der Waals surface area contributed by atoms with E-state index < -0.39 is 0 Å². The maximum atomic E-state index is 5.30. The van der Waals surface area contributed by atoms with Crippen LogP contribution in [0.1, 0.15) is 24.0 Å². The molecule has 0 aliphatic rings. The van der Waals surface area contributed by atoms with E-state index in [9.17, 15) is 0 Å². The molecule has 100 valence electrons. The van der Waals surface area contributed by atoms with Gasteiger partial charge in [0.2, 0.25) is 0 Å². The molecule has 0 saturated carbocycles. The van der Waals surface area contributed by atoms with Crippen LogP contribution in [-0.2, 0) is 12.2 Å². The molecule has 0 bridgehead atoms. The Bertz CT molecular complexity index is 638. The van der Waals surface area contributed by atoms with Crippen LogP contribution in [0.4, 0.5) is 0 Å². The second-order valence-corrected chi connectivity index (χ2v) is 6.42. The molecule has 1 N–H and O–H groups in total. The Morgan fingerprint density at radius 1 is 1.37 bits per heavy atom. The van der Waals surface area contributed by atoms with Gasteiger partial charge < -0.3 is 4.98 Å². The SMILES string of the molecule is CCc1[nH]c(CSc2ccccc2Br)nc(=S)c1C. The van der Waals surface area contributed by atoms with Gasteiger partial charge in [0, 0.05) is 20.6 Å². The summed E-state index contributed by atoms with van der Waals surface area (Å²) in [7, 11) is 0. The fourth-order valence-corrected chi connectivity index (χ4v) is 3.43. The molecule has 2 aromatic rings. The monoisotopic (exact) mass is 354 g/mol. The first-order valence-corrected chi connectivity index (χ1v) is 8.26. The number of H-pyrrole nitrogens is 1. The zero-order valence-electron chi connectivity index (χ0n) is 10.9. The molecule has 19 heavy (non-hydrogen) atoms. The average Bonchev–Trinajstić information content (AvgIpc) is 2.41. The van der Waals surface area contributed by atoms with Crippen molar-refractivity contribution < 1.29 is 0 Å². The van der Waals surface area contributed by atoms with Crippen LogP contribution in [0.5, 0.6) is 0 Å². The van der Waals surface area contributed by atoms with Gasteiger partial charge >= 0.3 is 0 Å². The number of benzene rings is 1. The average molecular weight is 355 g/mol. The highest BCUT2D eigenvalue weighted by Crippen LogP contribution is 2.29. The molecule has 0 spiro atoms. The van der Waals surface area contributed by atoms with Crippen molar-refractivity contribution in [2.75, 3.05) is 0 Å². The maximum absolute atomic E-state index is 5.30. The summed E-state index contributed by atoms with van der Waals surface area (Å²) >= 11 is 10.6. The molecule has 0 amide bonds. The van der Waals surface area contributed by atoms with Crippen molar-refractivity contribution in [3.8, 4) is 0 Å². The van der Waals surface area contributed by atoms with E-state index in [2.05, 4.69) is 38.9 Å². The first-order valence-electron chi connectivity index (χ1n) is 6.07. The number of thioether (sulfide) groups is 1. The molecule has 5 heteroatoms. The number of hydrogen-bond acceptors (Lipinski definition) is 3. The third kappa shape index (κ3) is 3.68. The molecule has 0 aliphatic heterocycles. The van der Waals surface area contributed by atoms with Crippen molar-refractivity contribution in [3.63, 3.8) is 0 Å². The van der Waals surface area contributed by atoms with Crippen LogP contribution >= 0.6 is 39.9 Å². The molecule has 0 unspecified atom stereocenters. The van der Waals surface area contributed by atoms with E-state index in [1.165, 1.54) is 10.6 Å². The number of hydrogen-bond donors (Lipinski definition) is 1. The Kier molecular flexibility index (Phi) is 5.19. The van der Waals surface area contributed by atoms with Gasteiger partial charge in [0.1, 0.15) is 10.5 Å². The molecule has 0 saturated heterocycles. The molecule has 0 atom stereocenters. The van der Waals surface area contributed by atoms with Gasteiger partial charge in [-0.05, 0) is 41.4 Å². The number of nitrogens with one attached hydrogen (secondary N) is 1. The summed E-state index contributed by atoms with van der Waals surface area (Å²) in [6, 6.07) is 8.19. The Hall–Kier alpha value is -0.650. The molecule has 0 aliphatic carbocycles. The van der Waals surface area contributed by atoms with E-state index >= 15 is 0 Å². The van der Waals surface area contributed by atoms with Crippen LogP contribution in [0.2, 0.25) is 0 Å². The molecule has 0 radical (unpaired) electrons. The molecular formula is C14H15BrN2S2. The van der Waals surface area contributed by atoms with E-state index in [0.717, 1.165) is 28.0 Å². The van der Waals surface area contributed by atoms with Crippen LogP contribution in [-0.4, -0.2) is 9.97 Å². The van der Waals surface area contributed by atoms with Gasteiger partial charge in [0.05, 0.1) is 5.75 Å². The molecular weight excluding hydrogens is 340 g/mol. The molecule has 0 fully saturated rings. The lowest BCUT2D eigenvalue weighted by Gasteiger charge is -2.08. The summed E-state index contributed by atoms with van der Waals surface area (Å²) in [5.74, 6) is 1.73. The molecule has 2 nitrogen and oxygen atoms in total.